The standard InChI is InChI=1S/C33H36Cl2N4O8/c1-5-44-27-13-20(7-11-25(27)46-17-22-8-10-23(34)15-24(22)35)16-36-39-29(40)18-47-26-12-9-21(14-28(26)45-6-2)31-30(32(41)43-4)19(3)37-33(42)38-31/h7-16,29,31,39-40H,5-6,17-18H2,1-4H3,(H2,37,38,42)/b36-16-/t29-,31-/m1/s1. The quantitative estimate of drug-likeness (QED) is 0.0705. The average Bonchev–Trinajstić information content (AvgIpc) is 3.04. The molecule has 47 heavy (non-hydrogen) atoms. The first-order chi connectivity index (χ1) is 22.6. The van der Waals surface area contributed by atoms with Crippen molar-refractivity contribution in [3.8, 4) is 23.0 Å². The zero-order chi connectivity index (χ0) is 33.9. The topological polar surface area (TPSA) is 149 Å². The Morgan fingerprint density at radius 3 is 2.38 bits per heavy atom. The molecule has 0 unspecified atom stereocenters. The van der Waals surface area contributed by atoms with Crippen molar-refractivity contribution in [1.29, 1.82) is 0 Å². The molecule has 0 aliphatic carbocycles. The van der Waals surface area contributed by atoms with Crippen LogP contribution in [0.15, 0.2) is 71.0 Å². The van der Waals surface area contributed by atoms with Gasteiger partial charge in [0.1, 0.15) is 13.2 Å². The smallest absolute Gasteiger partial charge is 0.337 e. The molecular weight excluding hydrogens is 651 g/mol. The number of benzene rings is 3. The van der Waals surface area contributed by atoms with Crippen LogP contribution in [-0.4, -0.2) is 56.5 Å². The van der Waals surface area contributed by atoms with Crippen molar-refractivity contribution in [2.45, 2.75) is 39.6 Å². The molecule has 4 N–H and O–H groups in total. The SMILES string of the molecule is CCOc1cc(/C=N\N[C@H](O)COc2ccc([C@H]3NC(=O)NC(C)=C3C(=O)OC)cc2OCC)ccc1OCc1ccc(Cl)cc1Cl. The maximum absolute atomic E-state index is 12.5. The zero-order valence-electron chi connectivity index (χ0n) is 26.3. The molecule has 0 bridgehead atoms. The Balaban J connectivity index is 1.38. The molecule has 0 fully saturated rings. The number of methoxy groups -OCH3 is 1. The van der Waals surface area contributed by atoms with Crippen molar-refractivity contribution >= 4 is 41.4 Å². The van der Waals surface area contributed by atoms with Crippen LogP contribution < -0.4 is 35.0 Å². The predicted octanol–water partition coefficient (Wildman–Crippen LogP) is 5.49. The maximum atomic E-state index is 12.5. The van der Waals surface area contributed by atoms with E-state index in [1.807, 2.05) is 13.8 Å². The van der Waals surface area contributed by atoms with Crippen molar-refractivity contribution in [3.05, 3.63) is 92.6 Å². The molecule has 1 aliphatic rings. The first kappa shape index (κ1) is 35.2. The Morgan fingerprint density at radius 2 is 1.68 bits per heavy atom. The molecule has 2 atom stereocenters. The fraction of sp³-hybridized carbons (Fsp3) is 0.303. The van der Waals surface area contributed by atoms with Gasteiger partial charge in [0.05, 0.1) is 38.2 Å². The van der Waals surface area contributed by atoms with Gasteiger partial charge in [0.15, 0.2) is 29.2 Å². The molecule has 4 rings (SSSR count). The van der Waals surface area contributed by atoms with Crippen LogP contribution in [0.1, 0.15) is 43.5 Å². The minimum atomic E-state index is -1.17. The fourth-order valence-corrected chi connectivity index (χ4v) is 5.07. The summed E-state index contributed by atoms with van der Waals surface area (Å²) in [4.78, 5) is 24.6. The summed E-state index contributed by atoms with van der Waals surface area (Å²) in [7, 11) is 1.27. The summed E-state index contributed by atoms with van der Waals surface area (Å²) in [6, 6.07) is 14.3. The number of rotatable bonds is 15. The average molecular weight is 688 g/mol. The highest BCUT2D eigenvalue weighted by Gasteiger charge is 2.32. The van der Waals surface area contributed by atoms with E-state index in [0.717, 1.165) is 5.56 Å². The van der Waals surface area contributed by atoms with Crippen molar-refractivity contribution in [2.24, 2.45) is 5.10 Å². The molecule has 3 aromatic carbocycles. The van der Waals surface area contributed by atoms with E-state index in [1.165, 1.54) is 13.3 Å². The van der Waals surface area contributed by atoms with Gasteiger partial charge < -0.3 is 39.4 Å². The number of aliphatic hydroxyl groups excluding tert-OH is 1. The van der Waals surface area contributed by atoms with Crippen molar-refractivity contribution in [1.82, 2.24) is 16.1 Å². The van der Waals surface area contributed by atoms with Crippen LogP contribution in [-0.2, 0) is 16.1 Å². The lowest BCUT2D eigenvalue weighted by Crippen LogP contribution is -2.45. The Hall–Kier alpha value is -4.65. The van der Waals surface area contributed by atoms with E-state index >= 15 is 0 Å². The number of carbonyl (C=O) groups excluding carboxylic acids is 2. The molecule has 1 aliphatic heterocycles. The second-order valence-electron chi connectivity index (χ2n) is 10.1. The van der Waals surface area contributed by atoms with Crippen LogP contribution in [0.3, 0.4) is 0 Å². The summed E-state index contributed by atoms with van der Waals surface area (Å²) < 4.78 is 28.2. The van der Waals surface area contributed by atoms with Crippen LogP contribution in [0, 0.1) is 0 Å². The molecular formula is C33H36Cl2N4O8. The molecule has 2 amide bonds. The molecule has 12 nitrogen and oxygen atoms in total. The lowest BCUT2D eigenvalue weighted by atomic mass is 9.95. The lowest BCUT2D eigenvalue weighted by Gasteiger charge is -2.28. The number of hydrogen-bond donors (Lipinski definition) is 4. The first-order valence-electron chi connectivity index (χ1n) is 14.7. The van der Waals surface area contributed by atoms with Gasteiger partial charge >= 0.3 is 12.0 Å². The van der Waals surface area contributed by atoms with Gasteiger partial charge in [-0.25, -0.2) is 9.59 Å². The predicted molar refractivity (Wildman–Crippen MR) is 177 cm³/mol. The largest absolute Gasteiger partial charge is 0.490 e. The molecule has 1 heterocycles. The van der Waals surface area contributed by atoms with E-state index in [-0.39, 0.29) is 18.8 Å². The number of aliphatic hydroxyl groups is 1. The van der Waals surface area contributed by atoms with E-state index < -0.39 is 24.3 Å². The van der Waals surface area contributed by atoms with Gasteiger partial charge in [0, 0.05) is 21.3 Å². The summed E-state index contributed by atoms with van der Waals surface area (Å²) in [5.41, 5.74) is 5.33. The van der Waals surface area contributed by atoms with Gasteiger partial charge in [0.25, 0.3) is 0 Å². The number of carbonyl (C=O) groups is 2. The number of amides is 2. The van der Waals surface area contributed by atoms with E-state index in [9.17, 15) is 14.7 Å². The number of nitrogens with one attached hydrogen (secondary N) is 3. The molecule has 0 spiro atoms. The number of esters is 1. The number of halogens is 2. The summed E-state index contributed by atoms with van der Waals surface area (Å²) >= 11 is 12.2. The molecule has 0 aromatic heterocycles. The Morgan fingerprint density at radius 1 is 0.979 bits per heavy atom. The minimum absolute atomic E-state index is 0.169. The number of hydrazone groups is 1. The Kier molecular flexibility index (Phi) is 12.6. The third-order valence-electron chi connectivity index (χ3n) is 6.78. The molecule has 0 saturated carbocycles. The second kappa shape index (κ2) is 16.8. The fourth-order valence-electron chi connectivity index (χ4n) is 4.61. The Labute approximate surface area is 282 Å². The van der Waals surface area contributed by atoms with Gasteiger partial charge in [-0.05, 0) is 74.4 Å². The van der Waals surface area contributed by atoms with E-state index in [0.29, 0.717) is 63.1 Å². The second-order valence-corrected chi connectivity index (χ2v) is 10.9. The van der Waals surface area contributed by atoms with Crippen LogP contribution in [0.2, 0.25) is 10.0 Å². The highest BCUT2D eigenvalue weighted by atomic mass is 35.5. The molecule has 0 saturated heterocycles. The van der Waals surface area contributed by atoms with Crippen LogP contribution in [0.25, 0.3) is 0 Å². The van der Waals surface area contributed by atoms with Crippen LogP contribution >= 0.6 is 23.2 Å². The number of hydrogen-bond acceptors (Lipinski definition) is 10. The normalized spacial score (nSPS) is 15.0. The highest BCUT2D eigenvalue weighted by molar-refractivity contribution is 6.35. The van der Waals surface area contributed by atoms with Gasteiger partial charge in [-0.3, -0.25) is 5.43 Å². The maximum Gasteiger partial charge on any atom is 0.337 e. The number of allylic oxidation sites excluding steroid dienone is 1. The summed E-state index contributed by atoms with van der Waals surface area (Å²) in [5.74, 6) is 1.18. The zero-order valence-corrected chi connectivity index (χ0v) is 27.8. The van der Waals surface area contributed by atoms with Gasteiger partial charge in [-0.15, -0.1) is 0 Å². The van der Waals surface area contributed by atoms with E-state index in [2.05, 4.69) is 21.2 Å². The number of nitrogens with zero attached hydrogens (tertiary/aromatic N) is 1. The Bertz CT molecular complexity index is 1650. The number of urea groups is 1. The van der Waals surface area contributed by atoms with Crippen molar-refractivity contribution in [3.63, 3.8) is 0 Å². The minimum Gasteiger partial charge on any atom is -0.490 e. The number of ether oxygens (including phenoxy) is 5. The first-order valence-corrected chi connectivity index (χ1v) is 15.4. The third-order valence-corrected chi connectivity index (χ3v) is 7.36. The summed E-state index contributed by atoms with van der Waals surface area (Å²) in [6.45, 7) is 6.10. The molecule has 3 aromatic rings. The summed E-state index contributed by atoms with van der Waals surface area (Å²) in [5, 5.41) is 21.0. The van der Waals surface area contributed by atoms with Gasteiger partial charge in [-0.1, -0.05) is 35.3 Å². The van der Waals surface area contributed by atoms with Gasteiger partial charge in [-0.2, -0.15) is 5.10 Å². The van der Waals surface area contributed by atoms with Crippen molar-refractivity contribution < 1.29 is 38.4 Å². The highest BCUT2D eigenvalue weighted by Crippen LogP contribution is 2.35. The van der Waals surface area contributed by atoms with E-state index in [1.54, 1.807) is 61.5 Å². The monoisotopic (exact) mass is 686 g/mol. The van der Waals surface area contributed by atoms with Gasteiger partial charge in [0.2, 0.25) is 0 Å². The lowest BCUT2D eigenvalue weighted by molar-refractivity contribution is -0.136. The molecule has 0 radical (unpaired) electrons. The molecule has 14 heteroatoms. The summed E-state index contributed by atoms with van der Waals surface area (Å²) in [6.07, 6.45) is 0.354. The van der Waals surface area contributed by atoms with Crippen LogP contribution in [0.4, 0.5) is 4.79 Å². The third kappa shape index (κ3) is 9.44. The van der Waals surface area contributed by atoms with E-state index in [4.69, 9.17) is 46.9 Å². The van der Waals surface area contributed by atoms with Crippen molar-refractivity contribution in [2.75, 3.05) is 26.9 Å². The van der Waals surface area contributed by atoms with Crippen LogP contribution in [0.5, 0.6) is 23.0 Å². The molecule has 250 valence electrons.